The van der Waals surface area contributed by atoms with Crippen molar-refractivity contribution in [2.24, 2.45) is 0 Å². The molecule has 1 amide bonds. The molecule has 1 aliphatic rings. The smallest absolute Gasteiger partial charge is 0.255 e. The molecule has 140 valence electrons. The van der Waals surface area contributed by atoms with E-state index in [4.69, 9.17) is 0 Å². The van der Waals surface area contributed by atoms with Gasteiger partial charge < -0.3 is 20.0 Å². The van der Waals surface area contributed by atoms with Gasteiger partial charge in [-0.15, -0.1) is 37.2 Å². The van der Waals surface area contributed by atoms with Crippen molar-refractivity contribution >= 4 is 48.9 Å². The molecule has 0 radical (unpaired) electrons. The zero-order valence-electron chi connectivity index (χ0n) is 14.4. The second-order valence-corrected chi connectivity index (χ2v) is 5.72. The van der Waals surface area contributed by atoms with Crippen LogP contribution in [0.3, 0.4) is 0 Å². The van der Waals surface area contributed by atoms with Gasteiger partial charge in [0.25, 0.3) is 5.91 Å². The number of likely N-dealkylation sites (N-methyl/N-ethyl adjacent to an activating group) is 2. The number of rotatable bonds is 5. The molecule has 1 saturated heterocycles. The lowest BCUT2D eigenvalue weighted by molar-refractivity contribution is 0.0951. The lowest BCUT2D eigenvalue weighted by atomic mass is 10.2. The monoisotopic (exact) mass is 399 g/mol. The van der Waals surface area contributed by atoms with Gasteiger partial charge in [-0.1, -0.05) is 0 Å². The van der Waals surface area contributed by atoms with E-state index in [9.17, 15) is 4.79 Å². The van der Waals surface area contributed by atoms with Gasteiger partial charge in [-0.3, -0.25) is 4.79 Å². The average molecular weight is 401 g/mol. The molecule has 1 fully saturated rings. The summed E-state index contributed by atoms with van der Waals surface area (Å²) in [6, 6.07) is 3.67. The van der Waals surface area contributed by atoms with Crippen molar-refractivity contribution in [3.63, 3.8) is 0 Å². The highest BCUT2D eigenvalue weighted by Gasteiger charge is 2.20. The van der Waals surface area contributed by atoms with Crippen molar-refractivity contribution in [3.8, 4) is 0 Å². The number of carbonyl (C=O) groups excluding carboxylic acids is 1. The van der Waals surface area contributed by atoms with E-state index in [1.54, 1.807) is 6.20 Å². The summed E-state index contributed by atoms with van der Waals surface area (Å²) in [5, 5.41) is 2.96. The molecule has 1 aromatic rings. The molecule has 0 aliphatic carbocycles. The first-order chi connectivity index (χ1) is 10.1. The molecule has 24 heavy (non-hydrogen) atoms. The molecule has 1 aromatic heterocycles. The van der Waals surface area contributed by atoms with Crippen LogP contribution in [0.2, 0.25) is 0 Å². The summed E-state index contributed by atoms with van der Waals surface area (Å²) in [5.74, 6) is 0.756. The van der Waals surface area contributed by atoms with Gasteiger partial charge in [0, 0.05) is 45.5 Å². The zero-order chi connectivity index (χ0) is 15.2. The van der Waals surface area contributed by atoms with E-state index in [0.29, 0.717) is 12.1 Å². The van der Waals surface area contributed by atoms with Crippen molar-refractivity contribution in [1.29, 1.82) is 0 Å². The second-order valence-electron chi connectivity index (χ2n) is 5.72. The number of pyridine rings is 1. The Morgan fingerprint density at radius 2 is 1.83 bits per heavy atom. The fourth-order valence-corrected chi connectivity index (χ4v) is 2.33. The first-order valence-corrected chi connectivity index (χ1v) is 7.39. The van der Waals surface area contributed by atoms with Gasteiger partial charge in [-0.25, -0.2) is 4.98 Å². The lowest BCUT2D eigenvalue weighted by Gasteiger charge is -2.34. The van der Waals surface area contributed by atoms with Crippen LogP contribution in [-0.4, -0.2) is 81.1 Å². The van der Waals surface area contributed by atoms with Gasteiger partial charge in [0.05, 0.1) is 5.56 Å². The van der Waals surface area contributed by atoms with Gasteiger partial charge in [0.15, 0.2) is 0 Å². The standard InChI is InChI=1S/C15H25N5O.3ClH/c1-18(2)8-7-17-15(21)13-5-4-6-16-14(13)20-11-9-19(3)10-12-20;;;/h4-6H,7-12H2,1-3H3,(H,17,21);3*1H. The molecule has 9 heteroatoms. The molecular formula is C15H28Cl3N5O. The van der Waals surface area contributed by atoms with Gasteiger partial charge in [0.2, 0.25) is 0 Å². The number of nitrogens with zero attached hydrogens (tertiary/aromatic N) is 4. The molecule has 2 heterocycles. The number of piperazine rings is 1. The Kier molecular flexibility index (Phi) is 13.3. The summed E-state index contributed by atoms with van der Waals surface area (Å²) >= 11 is 0. The third-order valence-electron chi connectivity index (χ3n) is 3.68. The minimum absolute atomic E-state index is 0. The maximum atomic E-state index is 12.3. The largest absolute Gasteiger partial charge is 0.353 e. The number of carbonyl (C=O) groups is 1. The minimum atomic E-state index is -0.0427. The summed E-state index contributed by atoms with van der Waals surface area (Å²) in [4.78, 5) is 23.3. The van der Waals surface area contributed by atoms with Crippen LogP contribution in [0.25, 0.3) is 0 Å². The molecule has 0 saturated carbocycles. The van der Waals surface area contributed by atoms with E-state index < -0.39 is 0 Å². The minimum Gasteiger partial charge on any atom is -0.353 e. The highest BCUT2D eigenvalue weighted by Crippen LogP contribution is 2.18. The van der Waals surface area contributed by atoms with E-state index in [-0.39, 0.29) is 43.1 Å². The molecule has 0 atom stereocenters. The van der Waals surface area contributed by atoms with Crippen LogP contribution < -0.4 is 10.2 Å². The number of aromatic nitrogens is 1. The summed E-state index contributed by atoms with van der Waals surface area (Å²) in [5.41, 5.74) is 0.667. The summed E-state index contributed by atoms with van der Waals surface area (Å²) in [6.07, 6.45) is 1.75. The SMILES string of the molecule is CN(C)CCNC(=O)c1cccnc1N1CCN(C)CC1.Cl.Cl.Cl. The summed E-state index contributed by atoms with van der Waals surface area (Å²) in [6.45, 7) is 5.28. The highest BCUT2D eigenvalue weighted by atomic mass is 35.5. The fraction of sp³-hybridized carbons (Fsp3) is 0.600. The van der Waals surface area contributed by atoms with E-state index in [2.05, 4.69) is 27.1 Å². The maximum absolute atomic E-state index is 12.3. The topological polar surface area (TPSA) is 51.7 Å². The van der Waals surface area contributed by atoms with Crippen LogP contribution in [0.5, 0.6) is 0 Å². The molecule has 2 rings (SSSR count). The number of anilines is 1. The molecule has 1 aliphatic heterocycles. The first-order valence-electron chi connectivity index (χ1n) is 7.39. The second kappa shape index (κ2) is 12.6. The number of halogens is 3. The van der Waals surface area contributed by atoms with Crippen LogP contribution in [0, 0.1) is 0 Å². The van der Waals surface area contributed by atoms with Gasteiger partial charge >= 0.3 is 0 Å². The Balaban J connectivity index is 0. The van der Waals surface area contributed by atoms with Crippen molar-refractivity contribution in [1.82, 2.24) is 20.1 Å². The van der Waals surface area contributed by atoms with Crippen molar-refractivity contribution in [3.05, 3.63) is 23.9 Å². The molecule has 0 bridgehead atoms. The Morgan fingerprint density at radius 3 is 2.42 bits per heavy atom. The van der Waals surface area contributed by atoms with Crippen molar-refractivity contribution in [2.75, 3.05) is 65.3 Å². The Morgan fingerprint density at radius 1 is 1.21 bits per heavy atom. The fourth-order valence-electron chi connectivity index (χ4n) is 2.33. The van der Waals surface area contributed by atoms with Crippen molar-refractivity contribution in [2.45, 2.75) is 0 Å². The van der Waals surface area contributed by atoms with Gasteiger partial charge in [-0.05, 0) is 33.3 Å². The van der Waals surface area contributed by atoms with E-state index in [1.807, 2.05) is 31.1 Å². The summed E-state index contributed by atoms with van der Waals surface area (Å²) < 4.78 is 0. The average Bonchev–Trinajstić information content (AvgIpc) is 2.47. The van der Waals surface area contributed by atoms with Gasteiger partial charge in [0.1, 0.15) is 5.82 Å². The van der Waals surface area contributed by atoms with Crippen molar-refractivity contribution < 1.29 is 4.79 Å². The Hall–Kier alpha value is -0.790. The van der Waals surface area contributed by atoms with Crippen LogP contribution in [-0.2, 0) is 0 Å². The Bertz CT molecular complexity index is 482. The number of amides is 1. The maximum Gasteiger partial charge on any atom is 0.255 e. The summed E-state index contributed by atoms with van der Waals surface area (Å²) in [7, 11) is 6.10. The van der Waals surface area contributed by atoms with Gasteiger partial charge in [-0.2, -0.15) is 0 Å². The first kappa shape index (κ1) is 25.5. The lowest BCUT2D eigenvalue weighted by Crippen LogP contribution is -2.45. The van der Waals surface area contributed by atoms with Crippen LogP contribution in [0.4, 0.5) is 5.82 Å². The normalized spacial score (nSPS) is 14.2. The molecule has 1 N–H and O–H groups in total. The highest BCUT2D eigenvalue weighted by molar-refractivity contribution is 5.98. The number of hydrogen-bond donors (Lipinski definition) is 1. The molecule has 0 unspecified atom stereocenters. The third-order valence-corrected chi connectivity index (χ3v) is 3.68. The molecular weight excluding hydrogens is 373 g/mol. The number of nitrogens with one attached hydrogen (secondary N) is 1. The van der Waals surface area contributed by atoms with Crippen LogP contribution in [0.1, 0.15) is 10.4 Å². The Labute approximate surface area is 163 Å². The van der Waals surface area contributed by atoms with E-state index in [0.717, 1.165) is 38.5 Å². The van der Waals surface area contributed by atoms with E-state index in [1.165, 1.54) is 0 Å². The molecule has 0 spiro atoms. The quantitative estimate of drug-likeness (QED) is 0.809. The zero-order valence-corrected chi connectivity index (χ0v) is 16.8. The van der Waals surface area contributed by atoms with Crippen LogP contribution in [0.15, 0.2) is 18.3 Å². The number of hydrogen-bond acceptors (Lipinski definition) is 5. The predicted molar refractivity (Wildman–Crippen MR) is 107 cm³/mol. The van der Waals surface area contributed by atoms with Crippen LogP contribution >= 0.6 is 37.2 Å². The predicted octanol–water partition coefficient (Wildman–Crippen LogP) is 1.39. The van der Waals surface area contributed by atoms with E-state index >= 15 is 0 Å². The molecule has 6 nitrogen and oxygen atoms in total. The molecule has 0 aromatic carbocycles. The third kappa shape index (κ3) is 7.40.